The first-order valence-corrected chi connectivity index (χ1v) is 14.7. The van der Waals surface area contributed by atoms with Gasteiger partial charge < -0.3 is 24.6 Å². The Morgan fingerprint density at radius 1 is 0.837 bits per heavy atom. The summed E-state index contributed by atoms with van der Waals surface area (Å²) in [6, 6.07) is 23.2. The van der Waals surface area contributed by atoms with E-state index in [-0.39, 0.29) is 24.1 Å². The summed E-state index contributed by atoms with van der Waals surface area (Å²) in [5.41, 5.74) is 4.79. The molecule has 0 aliphatic carbocycles. The minimum absolute atomic E-state index is 0.0521. The minimum Gasteiger partial charge on any atom is -0.497 e. The molecule has 9 nitrogen and oxygen atoms in total. The summed E-state index contributed by atoms with van der Waals surface area (Å²) in [4.78, 5) is 40.7. The Labute approximate surface area is 257 Å². The van der Waals surface area contributed by atoms with E-state index in [0.717, 1.165) is 22.6 Å². The van der Waals surface area contributed by atoms with Crippen LogP contribution >= 0.6 is 11.8 Å². The van der Waals surface area contributed by atoms with Gasteiger partial charge in [0.1, 0.15) is 17.5 Å². The molecule has 0 aliphatic heterocycles. The minimum atomic E-state index is -0.935. The zero-order valence-electron chi connectivity index (χ0n) is 25.3. The quantitative estimate of drug-likeness (QED) is 0.164. The molecule has 1 unspecified atom stereocenters. The van der Waals surface area contributed by atoms with Crippen molar-refractivity contribution >= 4 is 35.0 Å². The van der Waals surface area contributed by atoms with Crippen molar-refractivity contribution in [1.82, 2.24) is 14.9 Å². The van der Waals surface area contributed by atoms with Crippen LogP contribution in [0.3, 0.4) is 0 Å². The normalized spacial score (nSPS) is 11.4. The predicted octanol–water partition coefficient (Wildman–Crippen LogP) is 5.68. The molecule has 0 bridgehead atoms. The fourth-order valence-electron chi connectivity index (χ4n) is 4.53. The van der Waals surface area contributed by atoms with Gasteiger partial charge in [-0.05, 0) is 79.6 Å². The van der Waals surface area contributed by atoms with E-state index in [0.29, 0.717) is 27.9 Å². The van der Waals surface area contributed by atoms with Crippen LogP contribution in [0, 0.1) is 13.8 Å². The lowest BCUT2D eigenvalue weighted by atomic mass is 10.0. The standard InChI is InChI=1S/C33H37N5O4S/c1-22-19-23(2)35-33(34-22)43-21-30(39)38(20-24-7-15-28(41-5)16-8-24)31(25-9-17-29(42-6)18-10-25)32(40)36-26-11-13-27(14-12-26)37(3)4/h7-19,31H,20-21H2,1-6H3,(H,36,40). The van der Waals surface area contributed by atoms with Gasteiger partial charge in [-0.2, -0.15) is 0 Å². The largest absolute Gasteiger partial charge is 0.497 e. The van der Waals surface area contributed by atoms with Gasteiger partial charge in [-0.25, -0.2) is 9.97 Å². The molecule has 0 saturated heterocycles. The summed E-state index contributed by atoms with van der Waals surface area (Å²) in [7, 11) is 7.10. The van der Waals surface area contributed by atoms with E-state index in [9.17, 15) is 9.59 Å². The number of aryl methyl sites for hydroxylation is 2. The molecule has 3 aromatic carbocycles. The molecule has 1 heterocycles. The van der Waals surface area contributed by atoms with Crippen LogP contribution in [0.1, 0.15) is 28.6 Å². The average Bonchev–Trinajstić information content (AvgIpc) is 3.00. The second-order valence-electron chi connectivity index (χ2n) is 10.2. The number of hydrogen-bond acceptors (Lipinski definition) is 8. The molecule has 0 saturated carbocycles. The number of anilines is 2. The summed E-state index contributed by atoms with van der Waals surface area (Å²) in [6.07, 6.45) is 0. The second-order valence-corrected chi connectivity index (χ2v) is 11.1. The van der Waals surface area contributed by atoms with Crippen LogP contribution in [-0.2, 0) is 16.1 Å². The fraction of sp³-hybridized carbons (Fsp3) is 0.273. The van der Waals surface area contributed by atoms with Crippen LogP contribution in [0.2, 0.25) is 0 Å². The van der Waals surface area contributed by atoms with E-state index in [1.165, 1.54) is 11.8 Å². The number of carbonyl (C=O) groups excluding carboxylic acids is 2. The third-order valence-corrected chi connectivity index (χ3v) is 7.59. The summed E-state index contributed by atoms with van der Waals surface area (Å²) in [5, 5.41) is 3.54. The van der Waals surface area contributed by atoms with Gasteiger partial charge in [0.25, 0.3) is 5.91 Å². The highest BCUT2D eigenvalue weighted by atomic mass is 32.2. The maximum Gasteiger partial charge on any atom is 0.251 e. The van der Waals surface area contributed by atoms with Crippen LogP contribution in [0.4, 0.5) is 11.4 Å². The lowest BCUT2D eigenvalue weighted by molar-refractivity contribution is -0.137. The zero-order valence-corrected chi connectivity index (χ0v) is 26.1. The van der Waals surface area contributed by atoms with Gasteiger partial charge in [-0.15, -0.1) is 0 Å². The van der Waals surface area contributed by atoms with Crippen molar-refractivity contribution in [2.45, 2.75) is 31.6 Å². The van der Waals surface area contributed by atoms with Crippen molar-refractivity contribution in [1.29, 1.82) is 0 Å². The third-order valence-electron chi connectivity index (χ3n) is 6.76. The Balaban J connectivity index is 1.70. The first-order valence-electron chi connectivity index (χ1n) is 13.8. The van der Waals surface area contributed by atoms with E-state index in [1.54, 1.807) is 31.3 Å². The second kappa shape index (κ2) is 14.6. The van der Waals surface area contributed by atoms with E-state index in [4.69, 9.17) is 9.47 Å². The molecule has 4 rings (SSSR count). The van der Waals surface area contributed by atoms with Crippen molar-refractivity contribution in [3.63, 3.8) is 0 Å². The van der Waals surface area contributed by atoms with E-state index >= 15 is 0 Å². The molecule has 43 heavy (non-hydrogen) atoms. The number of ether oxygens (including phenoxy) is 2. The summed E-state index contributed by atoms with van der Waals surface area (Å²) >= 11 is 1.25. The van der Waals surface area contributed by atoms with Crippen LogP contribution < -0.4 is 19.7 Å². The molecule has 1 atom stereocenters. The number of carbonyl (C=O) groups is 2. The SMILES string of the molecule is COc1ccc(CN(C(=O)CSc2nc(C)cc(C)n2)C(C(=O)Nc2ccc(N(C)C)cc2)c2ccc(OC)cc2)cc1. The number of nitrogens with zero attached hydrogens (tertiary/aromatic N) is 4. The smallest absolute Gasteiger partial charge is 0.251 e. The molecule has 0 fully saturated rings. The molecule has 1 aromatic heterocycles. The highest BCUT2D eigenvalue weighted by molar-refractivity contribution is 7.99. The van der Waals surface area contributed by atoms with E-state index in [1.807, 2.05) is 99.6 Å². The van der Waals surface area contributed by atoms with Gasteiger partial charge in [0.05, 0.1) is 20.0 Å². The summed E-state index contributed by atoms with van der Waals surface area (Å²) < 4.78 is 10.7. The molecular weight excluding hydrogens is 562 g/mol. The Hall–Kier alpha value is -4.57. The monoisotopic (exact) mass is 599 g/mol. The van der Waals surface area contributed by atoms with Gasteiger partial charge >= 0.3 is 0 Å². The predicted molar refractivity (Wildman–Crippen MR) is 171 cm³/mol. The molecular formula is C33H37N5O4S. The lowest BCUT2D eigenvalue weighted by Crippen LogP contribution is -2.41. The Morgan fingerprint density at radius 3 is 1.93 bits per heavy atom. The molecule has 224 valence electrons. The number of methoxy groups -OCH3 is 2. The topological polar surface area (TPSA) is 96.9 Å². The Morgan fingerprint density at radius 2 is 1.40 bits per heavy atom. The highest BCUT2D eigenvalue weighted by Gasteiger charge is 2.32. The van der Waals surface area contributed by atoms with Crippen molar-refractivity contribution in [3.05, 3.63) is 101 Å². The van der Waals surface area contributed by atoms with Crippen LogP contribution in [-0.4, -0.2) is 60.8 Å². The number of rotatable bonds is 12. The maximum absolute atomic E-state index is 14.1. The van der Waals surface area contributed by atoms with Gasteiger partial charge in [-0.1, -0.05) is 36.0 Å². The number of hydrogen-bond donors (Lipinski definition) is 1. The third kappa shape index (κ3) is 8.48. The van der Waals surface area contributed by atoms with Crippen molar-refractivity contribution in [3.8, 4) is 11.5 Å². The molecule has 10 heteroatoms. The number of amides is 2. The molecule has 0 aliphatic rings. The average molecular weight is 600 g/mol. The molecule has 2 amide bonds. The first-order chi connectivity index (χ1) is 20.7. The highest BCUT2D eigenvalue weighted by Crippen LogP contribution is 2.29. The molecule has 4 aromatic rings. The molecule has 0 radical (unpaired) electrons. The van der Waals surface area contributed by atoms with Crippen molar-refractivity contribution in [2.24, 2.45) is 0 Å². The Bertz CT molecular complexity index is 1510. The summed E-state index contributed by atoms with van der Waals surface area (Å²) in [5.74, 6) is 0.837. The first kappa shape index (κ1) is 31.4. The summed E-state index contributed by atoms with van der Waals surface area (Å²) in [6.45, 7) is 3.98. The van der Waals surface area contributed by atoms with Crippen LogP contribution in [0.25, 0.3) is 0 Å². The number of benzene rings is 3. The van der Waals surface area contributed by atoms with E-state index in [2.05, 4.69) is 15.3 Å². The number of nitrogens with one attached hydrogen (secondary N) is 1. The zero-order chi connectivity index (χ0) is 30.9. The van der Waals surface area contributed by atoms with Gasteiger partial charge in [0, 0.05) is 43.4 Å². The number of thioether (sulfide) groups is 1. The van der Waals surface area contributed by atoms with E-state index < -0.39 is 6.04 Å². The molecule has 1 N–H and O–H groups in total. The van der Waals surface area contributed by atoms with Gasteiger partial charge in [-0.3, -0.25) is 9.59 Å². The fourth-order valence-corrected chi connectivity index (χ4v) is 5.37. The van der Waals surface area contributed by atoms with Crippen molar-refractivity contribution < 1.29 is 19.1 Å². The number of aromatic nitrogens is 2. The Kier molecular flexibility index (Phi) is 10.6. The van der Waals surface area contributed by atoms with Crippen molar-refractivity contribution in [2.75, 3.05) is 44.3 Å². The van der Waals surface area contributed by atoms with Crippen LogP contribution in [0.15, 0.2) is 84.0 Å². The van der Waals surface area contributed by atoms with Gasteiger partial charge in [0.2, 0.25) is 5.91 Å². The van der Waals surface area contributed by atoms with Crippen LogP contribution in [0.5, 0.6) is 11.5 Å². The molecule has 0 spiro atoms. The maximum atomic E-state index is 14.1. The van der Waals surface area contributed by atoms with Gasteiger partial charge in [0.15, 0.2) is 5.16 Å². The lowest BCUT2D eigenvalue weighted by Gasteiger charge is -2.32.